The Morgan fingerprint density at radius 2 is 1.93 bits per heavy atom. The van der Waals surface area contributed by atoms with E-state index in [-0.39, 0.29) is 29.6 Å². The van der Waals surface area contributed by atoms with E-state index < -0.39 is 0 Å². The van der Waals surface area contributed by atoms with Crippen molar-refractivity contribution in [1.29, 1.82) is 0 Å². The van der Waals surface area contributed by atoms with E-state index in [4.69, 9.17) is 4.74 Å². The van der Waals surface area contributed by atoms with Crippen LogP contribution in [0.5, 0.6) is 0 Å². The van der Waals surface area contributed by atoms with E-state index in [0.29, 0.717) is 9.37 Å². The average Bonchev–Trinajstić information content (AvgIpc) is 2.13. The molecule has 0 saturated carbocycles. The molecule has 0 saturated heterocycles. The number of rotatable bonds is 2. The van der Waals surface area contributed by atoms with E-state index in [1.165, 1.54) is 6.20 Å². The molecule has 0 fully saturated rings. The van der Waals surface area contributed by atoms with Gasteiger partial charge in [-0.05, 0) is 32.2 Å². The summed E-state index contributed by atoms with van der Waals surface area (Å²) in [6, 6.07) is 4.96. The Bertz CT molecular complexity index is 276. The summed E-state index contributed by atoms with van der Waals surface area (Å²) < 4.78 is 5.79. The van der Waals surface area contributed by atoms with Gasteiger partial charge in [-0.1, -0.05) is 18.3 Å². The number of nitrogens with zero attached hydrogens (tertiary/aromatic N) is 1. The SMILES string of the molecule is CCOCC.[Na+].[O-]n1ccccc1=S. The molecule has 0 bridgehead atoms. The van der Waals surface area contributed by atoms with Gasteiger partial charge in [-0.25, -0.2) is 0 Å². The van der Waals surface area contributed by atoms with Gasteiger partial charge >= 0.3 is 29.6 Å². The molecule has 0 atom stereocenters. The van der Waals surface area contributed by atoms with Crippen LogP contribution in [0, 0.1) is 9.85 Å². The number of pyridine rings is 1. The summed E-state index contributed by atoms with van der Waals surface area (Å²) in [6.07, 6.45) is 1.38. The molecular weight excluding hydrogens is 209 g/mol. The number of hydrogen-bond acceptors (Lipinski definition) is 3. The van der Waals surface area contributed by atoms with Crippen LogP contribution in [0.25, 0.3) is 0 Å². The summed E-state index contributed by atoms with van der Waals surface area (Å²) in [5.41, 5.74) is 0. The Morgan fingerprint density at radius 3 is 2.14 bits per heavy atom. The maximum absolute atomic E-state index is 10.4. The molecule has 0 aliphatic carbocycles. The minimum atomic E-state index is 0. The van der Waals surface area contributed by atoms with Gasteiger partial charge in [0.2, 0.25) is 0 Å². The number of hydrogen-bond donors (Lipinski definition) is 0. The second-order valence-corrected chi connectivity index (χ2v) is 2.56. The molecule has 0 aliphatic heterocycles. The first-order valence-corrected chi connectivity index (χ1v) is 4.56. The van der Waals surface area contributed by atoms with Crippen molar-refractivity contribution in [3.05, 3.63) is 34.2 Å². The summed E-state index contributed by atoms with van der Waals surface area (Å²) in [7, 11) is 0. The van der Waals surface area contributed by atoms with Crippen molar-refractivity contribution in [2.75, 3.05) is 13.2 Å². The molecule has 0 aromatic carbocycles. The molecule has 1 aromatic rings. The molecule has 74 valence electrons. The van der Waals surface area contributed by atoms with E-state index >= 15 is 0 Å². The molecule has 0 unspecified atom stereocenters. The largest absolute Gasteiger partial charge is 1.00 e. The van der Waals surface area contributed by atoms with E-state index in [9.17, 15) is 5.21 Å². The first-order valence-electron chi connectivity index (χ1n) is 4.15. The van der Waals surface area contributed by atoms with Crippen LogP contribution in [0.3, 0.4) is 0 Å². The molecule has 0 radical (unpaired) electrons. The van der Waals surface area contributed by atoms with Crippen molar-refractivity contribution in [3.63, 3.8) is 0 Å². The number of ether oxygens (including phenoxy) is 1. The summed E-state index contributed by atoms with van der Waals surface area (Å²) in [5.74, 6) is 0. The van der Waals surface area contributed by atoms with Crippen LogP contribution in [0.2, 0.25) is 0 Å². The van der Waals surface area contributed by atoms with Crippen molar-refractivity contribution >= 4 is 12.2 Å². The van der Waals surface area contributed by atoms with Crippen LogP contribution in [-0.4, -0.2) is 17.9 Å². The standard InChI is InChI=1S/C5H4NOS.C4H10O.Na/c7-6-4-2-1-3-5(6)8;1-3-5-4-2;/h1-4H;3-4H2,1-2H3;/q-1;;+1. The molecule has 0 N–H and O–H groups in total. The maximum atomic E-state index is 10.4. The van der Waals surface area contributed by atoms with Gasteiger partial charge in [0.05, 0.1) is 0 Å². The van der Waals surface area contributed by atoms with Crippen LogP contribution < -0.4 is 29.6 Å². The van der Waals surface area contributed by atoms with Crippen LogP contribution in [0.15, 0.2) is 24.4 Å². The summed E-state index contributed by atoms with van der Waals surface area (Å²) in [5, 5.41) is 10.4. The quantitative estimate of drug-likeness (QED) is 0.506. The minimum absolute atomic E-state index is 0. The van der Waals surface area contributed by atoms with Crippen molar-refractivity contribution in [3.8, 4) is 0 Å². The first kappa shape index (κ1) is 16.6. The zero-order valence-electron chi connectivity index (χ0n) is 8.90. The third-order valence-corrected chi connectivity index (χ3v) is 1.51. The molecule has 1 aromatic heterocycles. The molecule has 14 heavy (non-hydrogen) atoms. The molecule has 0 spiro atoms. The molecule has 0 aliphatic rings. The second kappa shape index (κ2) is 11.2. The Balaban J connectivity index is 0. The Labute approximate surface area is 112 Å². The van der Waals surface area contributed by atoms with Gasteiger partial charge in [0.15, 0.2) is 0 Å². The fourth-order valence-electron chi connectivity index (χ4n) is 0.617. The van der Waals surface area contributed by atoms with Crippen molar-refractivity contribution < 1.29 is 34.3 Å². The van der Waals surface area contributed by atoms with Gasteiger partial charge in [0.25, 0.3) is 0 Å². The molecule has 3 nitrogen and oxygen atoms in total. The third kappa shape index (κ3) is 8.72. The average molecular weight is 223 g/mol. The van der Waals surface area contributed by atoms with Gasteiger partial charge in [-0.2, -0.15) is 0 Å². The number of aromatic nitrogens is 1. The monoisotopic (exact) mass is 223 g/mol. The predicted molar refractivity (Wildman–Crippen MR) is 56.2 cm³/mol. The Morgan fingerprint density at radius 1 is 1.36 bits per heavy atom. The minimum Gasteiger partial charge on any atom is -0.805 e. The maximum Gasteiger partial charge on any atom is 1.00 e. The molecule has 1 heterocycles. The van der Waals surface area contributed by atoms with Gasteiger partial charge in [-0.15, -0.1) is 0 Å². The summed E-state index contributed by atoms with van der Waals surface area (Å²) in [4.78, 5) is 0. The third-order valence-electron chi connectivity index (χ3n) is 1.20. The first-order chi connectivity index (χ1) is 6.22. The molecule has 1 rings (SSSR count). The second-order valence-electron chi connectivity index (χ2n) is 2.15. The summed E-state index contributed by atoms with van der Waals surface area (Å²) >= 11 is 4.60. The van der Waals surface area contributed by atoms with Crippen LogP contribution in [0.1, 0.15) is 13.8 Å². The van der Waals surface area contributed by atoms with Crippen molar-refractivity contribution in [2.24, 2.45) is 0 Å². The van der Waals surface area contributed by atoms with Gasteiger partial charge < -0.3 is 14.7 Å². The van der Waals surface area contributed by atoms with E-state index in [1.807, 2.05) is 13.8 Å². The van der Waals surface area contributed by atoms with Gasteiger partial charge in [0, 0.05) is 13.2 Å². The fourth-order valence-corrected chi connectivity index (χ4v) is 0.756. The van der Waals surface area contributed by atoms with Crippen LogP contribution in [0.4, 0.5) is 0 Å². The topological polar surface area (TPSA) is 37.2 Å². The Hall–Kier alpha value is 0.130. The fraction of sp³-hybridized carbons (Fsp3) is 0.444. The van der Waals surface area contributed by atoms with Crippen molar-refractivity contribution in [1.82, 2.24) is 4.73 Å². The smallest absolute Gasteiger partial charge is 0.805 e. The Kier molecular flexibility index (Phi) is 13.3. The molecule has 0 amide bonds. The normalized spacial score (nSPS) is 8.14. The van der Waals surface area contributed by atoms with Gasteiger partial charge in [-0.3, -0.25) is 0 Å². The van der Waals surface area contributed by atoms with Crippen LogP contribution >= 0.6 is 12.2 Å². The summed E-state index contributed by atoms with van der Waals surface area (Å²) in [6.45, 7) is 5.67. The predicted octanol–water partition coefficient (Wildman–Crippen LogP) is -0.390. The van der Waals surface area contributed by atoms with Crippen LogP contribution in [-0.2, 0) is 4.74 Å². The van der Waals surface area contributed by atoms with Crippen molar-refractivity contribution in [2.45, 2.75) is 13.8 Å². The molecular formula is C9H14NNaO2S. The van der Waals surface area contributed by atoms with E-state index in [2.05, 4.69) is 12.2 Å². The zero-order chi connectivity index (χ0) is 10.1. The van der Waals surface area contributed by atoms with E-state index in [1.54, 1.807) is 18.2 Å². The molecule has 5 heteroatoms. The zero-order valence-corrected chi connectivity index (χ0v) is 11.7. The van der Waals surface area contributed by atoms with E-state index in [0.717, 1.165) is 13.2 Å². The van der Waals surface area contributed by atoms with Gasteiger partial charge in [0.1, 0.15) is 4.64 Å².